The Bertz CT molecular complexity index is 264. The predicted octanol–water partition coefficient (Wildman–Crippen LogP) is 1.58. The molecule has 0 unspecified atom stereocenters. The summed E-state index contributed by atoms with van der Waals surface area (Å²) in [7, 11) is -0.932. The number of halogens is 1. The fourth-order valence-corrected chi connectivity index (χ4v) is 1.57. The summed E-state index contributed by atoms with van der Waals surface area (Å²) in [6.45, 7) is 0. The summed E-state index contributed by atoms with van der Waals surface area (Å²) < 4.78 is 11.7. The van der Waals surface area contributed by atoms with Gasteiger partial charge in [0, 0.05) is 23.1 Å². The minimum Gasteiger partial charge on any atom is -0.262 e. The fraction of sp³-hybridized carbons (Fsp3) is 0.167. The van der Waals surface area contributed by atoms with Crippen LogP contribution < -0.4 is 0 Å². The first kappa shape index (κ1) is 7.88. The van der Waals surface area contributed by atoms with Crippen molar-refractivity contribution in [1.82, 2.24) is 4.98 Å². The standard InChI is InChI=1S/C6H6BrNOS/c1-10(9)6-2-5(7)3-8-4-6/h2-4H,1H3/t10-/m1/s1. The molecule has 0 fully saturated rings. The van der Waals surface area contributed by atoms with Gasteiger partial charge in [-0.15, -0.1) is 0 Å². The summed E-state index contributed by atoms with van der Waals surface area (Å²) in [6, 6.07) is 1.79. The molecule has 54 valence electrons. The average Bonchev–Trinajstić information content (AvgIpc) is 1.88. The second-order valence-corrected chi connectivity index (χ2v) is 4.09. The molecule has 4 heteroatoms. The number of aromatic nitrogens is 1. The van der Waals surface area contributed by atoms with Gasteiger partial charge in [0.05, 0.1) is 15.7 Å². The zero-order valence-corrected chi connectivity index (χ0v) is 7.78. The molecule has 10 heavy (non-hydrogen) atoms. The molecule has 2 nitrogen and oxygen atoms in total. The van der Waals surface area contributed by atoms with Crippen LogP contribution in [0.5, 0.6) is 0 Å². The summed E-state index contributed by atoms with van der Waals surface area (Å²) >= 11 is 3.23. The van der Waals surface area contributed by atoms with E-state index in [-0.39, 0.29) is 0 Å². The number of hydrogen-bond acceptors (Lipinski definition) is 2. The van der Waals surface area contributed by atoms with Crippen molar-refractivity contribution in [2.75, 3.05) is 6.26 Å². The van der Waals surface area contributed by atoms with Crippen LogP contribution in [0.4, 0.5) is 0 Å². The first-order valence-electron chi connectivity index (χ1n) is 2.64. The molecule has 0 bridgehead atoms. The predicted molar refractivity (Wildman–Crippen MR) is 44.3 cm³/mol. The number of pyridine rings is 1. The van der Waals surface area contributed by atoms with Crippen LogP contribution in [0.2, 0.25) is 0 Å². The van der Waals surface area contributed by atoms with Gasteiger partial charge in [-0.2, -0.15) is 0 Å². The highest BCUT2D eigenvalue weighted by Gasteiger charge is 1.96. The maximum absolute atomic E-state index is 10.8. The van der Waals surface area contributed by atoms with Crippen molar-refractivity contribution in [3.63, 3.8) is 0 Å². The van der Waals surface area contributed by atoms with Crippen molar-refractivity contribution in [1.29, 1.82) is 0 Å². The molecule has 1 atom stereocenters. The zero-order chi connectivity index (χ0) is 7.56. The van der Waals surface area contributed by atoms with Crippen molar-refractivity contribution in [3.05, 3.63) is 22.9 Å². The van der Waals surface area contributed by atoms with Gasteiger partial charge >= 0.3 is 0 Å². The zero-order valence-electron chi connectivity index (χ0n) is 5.37. The molecule has 0 saturated carbocycles. The van der Waals surface area contributed by atoms with E-state index in [1.807, 2.05) is 0 Å². The summed E-state index contributed by atoms with van der Waals surface area (Å²) in [5.41, 5.74) is 0. The summed E-state index contributed by atoms with van der Waals surface area (Å²) in [5.74, 6) is 0. The van der Waals surface area contributed by atoms with Crippen molar-refractivity contribution in [2.24, 2.45) is 0 Å². The normalized spacial score (nSPS) is 13.0. The van der Waals surface area contributed by atoms with Crippen LogP contribution in [-0.4, -0.2) is 15.4 Å². The molecular formula is C6H6BrNOS. The lowest BCUT2D eigenvalue weighted by atomic mass is 10.5. The SMILES string of the molecule is C[S@@](=O)c1cncc(Br)c1. The molecule has 0 aliphatic carbocycles. The van der Waals surface area contributed by atoms with Crippen LogP contribution in [0, 0.1) is 0 Å². The third kappa shape index (κ3) is 1.88. The minimum atomic E-state index is -0.932. The third-order valence-electron chi connectivity index (χ3n) is 1.01. The molecule has 0 radical (unpaired) electrons. The Hall–Kier alpha value is -0.220. The second-order valence-electron chi connectivity index (χ2n) is 1.79. The molecule has 0 aromatic carbocycles. The Kier molecular flexibility index (Phi) is 2.56. The smallest absolute Gasteiger partial charge is 0.0579 e. The highest BCUT2D eigenvalue weighted by atomic mass is 79.9. The molecule has 0 aliphatic rings. The van der Waals surface area contributed by atoms with Gasteiger partial charge in [0.2, 0.25) is 0 Å². The Morgan fingerprint density at radius 2 is 2.30 bits per heavy atom. The maximum atomic E-state index is 10.8. The molecule has 0 spiro atoms. The largest absolute Gasteiger partial charge is 0.262 e. The average molecular weight is 220 g/mol. The van der Waals surface area contributed by atoms with Crippen molar-refractivity contribution >= 4 is 26.7 Å². The molecule has 0 N–H and O–H groups in total. The molecule has 1 aromatic heterocycles. The van der Waals surface area contributed by atoms with Gasteiger partial charge in [0.25, 0.3) is 0 Å². The fourth-order valence-electron chi connectivity index (χ4n) is 0.550. The lowest BCUT2D eigenvalue weighted by molar-refractivity contribution is 0.686. The van der Waals surface area contributed by atoms with E-state index in [2.05, 4.69) is 20.9 Å². The molecule has 0 amide bonds. The minimum absolute atomic E-state index is 0.745. The van der Waals surface area contributed by atoms with E-state index >= 15 is 0 Å². The quantitative estimate of drug-likeness (QED) is 0.719. The summed E-state index contributed by atoms with van der Waals surface area (Å²) in [6.07, 6.45) is 4.89. The Morgan fingerprint density at radius 3 is 2.70 bits per heavy atom. The van der Waals surface area contributed by atoms with Gasteiger partial charge in [-0.1, -0.05) is 0 Å². The second kappa shape index (κ2) is 3.25. The number of hydrogen-bond donors (Lipinski definition) is 0. The van der Waals surface area contributed by atoms with E-state index < -0.39 is 10.8 Å². The Labute approximate surface area is 70.3 Å². The number of rotatable bonds is 1. The Balaban J connectivity index is 3.07. The van der Waals surface area contributed by atoms with Crippen molar-refractivity contribution in [3.8, 4) is 0 Å². The maximum Gasteiger partial charge on any atom is 0.0579 e. The lowest BCUT2D eigenvalue weighted by Gasteiger charge is -1.93. The molecule has 1 aromatic rings. The molecular weight excluding hydrogens is 214 g/mol. The first-order chi connectivity index (χ1) is 4.70. The highest BCUT2D eigenvalue weighted by Crippen LogP contribution is 2.11. The molecule has 1 heterocycles. The number of nitrogens with zero attached hydrogens (tertiary/aromatic N) is 1. The van der Waals surface area contributed by atoms with Crippen LogP contribution in [0.1, 0.15) is 0 Å². The van der Waals surface area contributed by atoms with Gasteiger partial charge in [-0.25, -0.2) is 0 Å². The lowest BCUT2D eigenvalue weighted by Crippen LogP contribution is -1.87. The first-order valence-corrected chi connectivity index (χ1v) is 4.99. The van der Waals surface area contributed by atoms with E-state index in [0.717, 1.165) is 9.37 Å². The topological polar surface area (TPSA) is 30.0 Å². The van der Waals surface area contributed by atoms with E-state index in [1.54, 1.807) is 24.7 Å². The van der Waals surface area contributed by atoms with Crippen LogP contribution in [0.25, 0.3) is 0 Å². The van der Waals surface area contributed by atoms with E-state index in [0.29, 0.717) is 0 Å². The van der Waals surface area contributed by atoms with Crippen LogP contribution in [0.3, 0.4) is 0 Å². The van der Waals surface area contributed by atoms with Gasteiger partial charge in [-0.05, 0) is 22.0 Å². The van der Waals surface area contributed by atoms with Gasteiger partial charge in [0.1, 0.15) is 0 Å². The molecule has 1 rings (SSSR count). The van der Waals surface area contributed by atoms with Gasteiger partial charge in [-0.3, -0.25) is 9.19 Å². The van der Waals surface area contributed by atoms with Gasteiger partial charge in [0.15, 0.2) is 0 Å². The monoisotopic (exact) mass is 219 g/mol. The molecule has 0 saturated heterocycles. The van der Waals surface area contributed by atoms with Crippen LogP contribution in [-0.2, 0) is 10.8 Å². The highest BCUT2D eigenvalue weighted by molar-refractivity contribution is 9.10. The van der Waals surface area contributed by atoms with Crippen LogP contribution in [0.15, 0.2) is 27.8 Å². The van der Waals surface area contributed by atoms with Crippen LogP contribution >= 0.6 is 15.9 Å². The summed E-state index contributed by atoms with van der Waals surface area (Å²) in [4.78, 5) is 4.61. The van der Waals surface area contributed by atoms with E-state index in [9.17, 15) is 4.21 Å². The van der Waals surface area contributed by atoms with Crippen molar-refractivity contribution in [2.45, 2.75) is 4.90 Å². The Morgan fingerprint density at radius 1 is 1.60 bits per heavy atom. The summed E-state index contributed by atoms with van der Waals surface area (Å²) in [5, 5.41) is 0. The van der Waals surface area contributed by atoms with Gasteiger partial charge < -0.3 is 0 Å². The third-order valence-corrected chi connectivity index (χ3v) is 2.33. The van der Waals surface area contributed by atoms with E-state index in [4.69, 9.17) is 0 Å². The van der Waals surface area contributed by atoms with E-state index in [1.165, 1.54) is 0 Å². The molecule has 0 aliphatic heterocycles. The van der Waals surface area contributed by atoms with Crippen molar-refractivity contribution < 1.29 is 4.21 Å².